The number of hydrogen-bond donors (Lipinski definition) is 5. The van der Waals surface area contributed by atoms with Gasteiger partial charge in [-0.05, 0) is 270 Å². The number of benzene rings is 6. The maximum Gasteiger partial charge on any atom is 0.327 e. The lowest BCUT2D eigenvalue weighted by Gasteiger charge is -2.29. The quantitative estimate of drug-likeness (QED) is 0.00464. The number of carboxylic acids is 1. The van der Waals surface area contributed by atoms with Crippen LogP contribution in [0.2, 0.25) is 0 Å². The number of rotatable bonds is 36. The molecule has 10 rings (SSSR count). The van der Waals surface area contributed by atoms with Gasteiger partial charge in [0, 0.05) is 87.7 Å². The van der Waals surface area contributed by atoms with Gasteiger partial charge in [-0.2, -0.15) is 0 Å². The third-order valence-electron chi connectivity index (χ3n) is 21.0. The van der Waals surface area contributed by atoms with Crippen LogP contribution in [0.1, 0.15) is 190 Å². The van der Waals surface area contributed by atoms with Crippen molar-refractivity contribution in [2.45, 2.75) is 191 Å². The second-order valence-corrected chi connectivity index (χ2v) is 41.3. The monoisotopic (exact) mass is 2040 g/mol. The number of carbonyl (C=O) groups excluding carboxylic acids is 5. The number of aliphatic hydroxyl groups is 1. The third-order valence-corrected chi connectivity index (χ3v) is 28.9. The molecule has 4 aliphatic rings. The van der Waals surface area contributed by atoms with Crippen LogP contribution in [-0.4, -0.2) is 242 Å². The number of nitrogens with one attached hydrogen (secondary N) is 1. The standard InChI is InChI=1S/C23H30N2O7S.C20H25NO6S.C18H21NO6S.C11H11NO2.C11H10O2.C9H16O4S.C7H6O2.C4H6O/c1-4-5-13-29-18-11-9-17(10-12-18)20-15-19(31-24-20)16-23(2,33(3,27)28)22(26)25-32-21-8-6-7-14-30-21;1-5-7-12-26-16-10-8-15(9-11-16)18-13-17(27-21-18)14-20(3,28(4,23)24)19(22)25-6-2;1-4-5-10-24-14-8-6-13(7-9-14)16-11-15(25-19-16)12-18(2,17(20)21)26(3,22)23;1-2-3-8-14-11-6-4-10(5-7-11)9-12-13;1-2-3-8-13-11-6-4-10(9-12)5-7-11;1-5-7-9(3,14(4,11)12)8(10)13-6-2;8-5-6-1-3-7(9)4-2-6;1-2-3-4-5/h9-12,19,21H,6-8,13-16H2,1-3H3,(H,25,26);8-11,17H,6,12-14H2,1-4H3;6-9,15H,10-12H2,1-3H3,(H,20,21);4-7,9,13H,8H2,1H3;4-7,9H,8H2,1H3;5H,1,6-7H2,2-4H3;1-5,9H;5H,4H2,1H3/b;;;12-9+;;;;. The Kier molecular flexibility index (Phi) is 54.1. The Morgan fingerprint density at radius 3 is 1.05 bits per heavy atom. The van der Waals surface area contributed by atoms with Gasteiger partial charge in [-0.1, -0.05) is 62.2 Å². The summed E-state index contributed by atoms with van der Waals surface area (Å²) in [6, 6.07) is 42.0. The molecule has 0 aromatic heterocycles. The number of phenolic OH excluding ortho intramolecular Hbond substituents is 1. The zero-order valence-corrected chi connectivity index (χ0v) is 85.7. The topological polar surface area (TPSA) is 492 Å². The molecular formula is C103H125N5O30S4. The SMILES string of the molecule is C=CCC(C)(C(=O)OCC)S(C)(=O)=O.CC#CCO.CC#CCOc1ccc(/C=N/O)cc1.CC#CCOc1ccc(C2=NOC(CC(C)(C(=O)NOC3CCCCO3)S(C)(=O)=O)C2)cc1.CC#CCOc1ccc(C2=NOC(CC(C)(C(=O)O)S(C)(=O)=O)C2)cc1.CC#CCOc1ccc(C2=NOC(CC(C)(C(=O)OCC)S(C)(=O)=O)C2)cc1.CC#CCOc1ccc(C=O)cc1.O=Cc1ccc(O)cc1. The molecule has 4 heterocycles. The number of hydrogen-bond acceptors (Lipinski definition) is 33. The van der Waals surface area contributed by atoms with E-state index in [-0.39, 0.29) is 51.3 Å². The number of nitrogens with zero attached hydrogens (tertiary/aromatic N) is 4. The summed E-state index contributed by atoms with van der Waals surface area (Å²) in [5, 5.41) is 49.3. The Labute approximate surface area is 832 Å². The molecule has 6 aromatic carbocycles. The molecular weight excluding hydrogens is 1920 g/mol. The normalized spacial score (nSPS) is 16.2. The number of sulfone groups is 4. The highest BCUT2D eigenvalue weighted by molar-refractivity contribution is 7.93. The predicted octanol–water partition coefficient (Wildman–Crippen LogP) is 12.5. The molecule has 0 bridgehead atoms. The average Bonchev–Trinajstić information content (AvgIpc) is 1.42. The summed E-state index contributed by atoms with van der Waals surface area (Å²) >= 11 is 0. The van der Waals surface area contributed by atoms with Crippen LogP contribution in [0, 0.1) is 71.0 Å². The van der Waals surface area contributed by atoms with Crippen molar-refractivity contribution in [3.8, 4) is 106 Å². The van der Waals surface area contributed by atoms with Gasteiger partial charge in [0.1, 0.15) is 105 Å². The van der Waals surface area contributed by atoms with Gasteiger partial charge in [-0.15, -0.1) is 42.1 Å². The first kappa shape index (κ1) is 122. The molecule has 8 atom stereocenters. The molecule has 35 nitrogen and oxygen atoms in total. The van der Waals surface area contributed by atoms with Gasteiger partial charge in [0.15, 0.2) is 64.6 Å². The van der Waals surface area contributed by atoms with E-state index in [4.69, 9.17) is 72.7 Å². The lowest BCUT2D eigenvalue weighted by Crippen LogP contribution is -2.52. The van der Waals surface area contributed by atoms with Crippen LogP contribution in [0.3, 0.4) is 0 Å². The summed E-state index contributed by atoms with van der Waals surface area (Å²) in [4.78, 5) is 89.9. The minimum atomic E-state index is -3.81. The van der Waals surface area contributed by atoms with E-state index in [9.17, 15) is 67.5 Å². The van der Waals surface area contributed by atoms with E-state index in [0.717, 1.165) is 84.2 Å². The Hall–Kier alpha value is -14.0. The van der Waals surface area contributed by atoms with Gasteiger partial charge in [0.2, 0.25) is 0 Å². The van der Waals surface area contributed by atoms with E-state index in [1.807, 2.05) is 48.5 Å². The third kappa shape index (κ3) is 41.8. The second-order valence-electron chi connectivity index (χ2n) is 31.6. The predicted molar refractivity (Wildman–Crippen MR) is 539 cm³/mol. The van der Waals surface area contributed by atoms with Gasteiger partial charge in [-0.3, -0.25) is 28.8 Å². The van der Waals surface area contributed by atoms with Crippen molar-refractivity contribution < 1.29 is 140 Å². The van der Waals surface area contributed by atoms with Crippen LogP contribution in [0.25, 0.3) is 0 Å². The number of amides is 1. The number of carboxylic acid groups (broad SMARTS) is 1. The molecule has 1 amide bonds. The number of oxime groups is 4. The summed E-state index contributed by atoms with van der Waals surface area (Å²) in [6.45, 7) is 24.9. The number of allylic oxidation sites excluding steroid dienone is 1. The molecule has 0 radical (unpaired) electrons. The van der Waals surface area contributed by atoms with E-state index in [1.54, 1.807) is 140 Å². The summed E-state index contributed by atoms with van der Waals surface area (Å²) in [5.41, 5.74) is 8.79. The number of aldehydes is 2. The first-order chi connectivity index (χ1) is 67.4. The average molecular weight is 2040 g/mol. The van der Waals surface area contributed by atoms with Gasteiger partial charge in [-0.25, -0.2) is 44.0 Å². The van der Waals surface area contributed by atoms with E-state index < -0.39 is 107 Å². The van der Waals surface area contributed by atoms with Crippen LogP contribution in [0.15, 0.2) is 179 Å². The summed E-state index contributed by atoms with van der Waals surface area (Å²) < 4.78 is 131. The van der Waals surface area contributed by atoms with Crippen LogP contribution in [0.5, 0.6) is 34.5 Å². The molecule has 0 aliphatic carbocycles. The summed E-state index contributed by atoms with van der Waals surface area (Å²) in [6.07, 6.45) is 9.34. The smallest absolute Gasteiger partial charge is 0.327 e. The lowest BCUT2D eigenvalue weighted by molar-refractivity contribution is -0.201. The first-order valence-electron chi connectivity index (χ1n) is 44.1. The fourth-order valence-electron chi connectivity index (χ4n) is 12.1. The number of phenols is 1. The summed E-state index contributed by atoms with van der Waals surface area (Å²) in [7, 11) is -14.8. The molecule has 6 aromatic rings. The molecule has 5 N–H and O–H groups in total. The van der Waals surface area contributed by atoms with Crippen LogP contribution >= 0.6 is 0 Å². The van der Waals surface area contributed by atoms with Crippen LogP contribution < -0.4 is 29.2 Å². The number of aliphatic hydroxyl groups excluding tert-OH is 1. The Balaban J connectivity index is 0.000000438. The number of hydroxylamine groups is 1. The molecule has 39 heteroatoms. The molecule has 1 fully saturated rings. The number of ether oxygens (including phenoxy) is 8. The fourth-order valence-corrected chi connectivity index (χ4v) is 15.4. The number of carbonyl (C=O) groups is 6. The molecule has 0 saturated carbocycles. The van der Waals surface area contributed by atoms with Gasteiger partial charge in [0.25, 0.3) is 5.91 Å². The molecule has 1 saturated heterocycles. The van der Waals surface area contributed by atoms with Crippen LogP contribution in [-0.2, 0) is 92.1 Å². The van der Waals surface area contributed by atoms with E-state index in [1.165, 1.54) is 52.1 Å². The maximum absolute atomic E-state index is 12.9. The first-order valence-corrected chi connectivity index (χ1v) is 51.7. The zero-order chi connectivity index (χ0) is 106. The Morgan fingerprint density at radius 2 is 0.775 bits per heavy atom. The van der Waals surface area contributed by atoms with E-state index in [2.05, 4.69) is 104 Å². The highest BCUT2D eigenvalue weighted by atomic mass is 32.2. The van der Waals surface area contributed by atoms with Crippen molar-refractivity contribution >= 4 is 99.1 Å². The Bertz CT molecular complexity index is 6120. The maximum atomic E-state index is 12.9. The van der Waals surface area contributed by atoms with E-state index in [0.29, 0.717) is 111 Å². The Morgan fingerprint density at radius 1 is 0.465 bits per heavy atom. The highest BCUT2D eigenvalue weighted by Gasteiger charge is 2.51. The molecule has 0 spiro atoms. The van der Waals surface area contributed by atoms with Crippen molar-refractivity contribution in [3.05, 3.63) is 192 Å². The minimum Gasteiger partial charge on any atom is -0.508 e. The number of aromatic hydroxyl groups is 1. The largest absolute Gasteiger partial charge is 0.508 e. The molecule has 766 valence electrons. The van der Waals surface area contributed by atoms with Gasteiger partial charge in [0.05, 0.1) is 36.6 Å². The highest BCUT2D eigenvalue weighted by Crippen LogP contribution is 2.35. The number of aliphatic carboxylic acids is 1. The fraction of sp³-hybridized carbons (Fsp3) is 0.417. The molecule has 142 heavy (non-hydrogen) atoms. The van der Waals surface area contributed by atoms with Crippen LogP contribution in [0.4, 0.5) is 0 Å². The van der Waals surface area contributed by atoms with Crippen molar-refractivity contribution in [1.29, 1.82) is 0 Å². The number of esters is 2. The second kappa shape index (κ2) is 62.9. The van der Waals surface area contributed by atoms with Crippen molar-refractivity contribution in [3.63, 3.8) is 0 Å². The zero-order valence-electron chi connectivity index (χ0n) is 82.4. The molecule has 4 aliphatic heterocycles. The van der Waals surface area contributed by atoms with Crippen molar-refractivity contribution in [1.82, 2.24) is 5.48 Å². The van der Waals surface area contributed by atoms with Gasteiger partial charge >= 0.3 is 17.9 Å². The molecule has 8 unspecified atom stereocenters. The lowest BCUT2D eigenvalue weighted by atomic mass is 9.96. The summed E-state index contributed by atoms with van der Waals surface area (Å²) in [5.74, 6) is 32.8. The van der Waals surface area contributed by atoms with Gasteiger partial charge < -0.3 is 72.9 Å². The van der Waals surface area contributed by atoms with Crippen molar-refractivity contribution in [2.75, 3.05) is 84.5 Å². The minimum absolute atomic E-state index is 0.0174. The van der Waals surface area contributed by atoms with Crippen molar-refractivity contribution in [2.24, 2.45) is 20.6 Å². The van der Waals surface area contributed by atoms with E-state index >= 15 is 0 Å².